The second-order valence-corrected chi connectivity index (χ2v) is 5.25. The van der Waals surface area contributed by atoms with Gasteiger partial charge in [0.15, 0.2) is 17.5 Å². The lowest BCUT2D eigenvalue weighted by Crippen LogP contribution is -2.34. The molecular weight excluding hydrogens is 257 g/mol. The number of carbonyl (C=O) groups excluding carboxylic acids is 1. The van der Waals surface area contributed by atoms with E-state index in [2.05, 4.69) is 0 Å². The van der Waals surface area contributed by atoms with Gasteiger partial charge >= 0.3 is 0 Å². The summed E-state index contributed by atoms with van der Waals surface area (Å²) in [6, 6.07) is 1.44. The first kappa shape index (κ1) is 13.9. The molecule has 1 aliphatic rings. The van der Waals surface area contributed by atoms with Crippen LogP contribution in [0.25, 0.3) is 0 Å². The topological polar surface area (TPSA) is 46.3 Å². The quantitative estimate of drug-likeness (QED) is 0.836. The summed E-state index contributed by atoms with van der Waals surface area (Å²) in [6.45, 7) is 3.30. The van der Waals surface area contributed by atoms with Crippen LogP contribution in [-0.2, 0) is 0 Å². The van der Waals surface area contributed by atoms with Gasteiger partial charge in [0.2, 0.25) is 0 Å². The first-order chi connectivity index (χ1) is 8.86. The predicted molar refractivity (Wildman–Crippen MR) is 64.0 cm³/mol. The minimum absolute atomic E-state index is 0.174. The molecule has 0 bridgehead atoms. The van der Waals surface area contributed by atoms with Gasteiger partial charge in [0.05, 0.1) is 0 Å². The Morgan fingerprint density at radius 1 is 1.37 bits per heavy atom. The summed E-state index contributed by atoms with van der Waals surface area (Å²) >= 11 is 0. The number of halogens is 3. The number of hydrogen-bond acceptors (Lipinski definition) is 2. The van der Waals surface area contributed by atoms with Crippen LogP contribution in [0.1, 0.15) is 23.7 Å². The average molecular weight is 272 g/mol. The number of benzene rings is 1. The van der Waals surface area contributed by atoms with E-state index in [1.165, 1.54) is 4.90 Å². The van der Waals surface area contributed by atoms with E-state index in [1.807, 2.05) is 6.92 Å². The van der Waals surface area contributed by atoms with Gasteiger partial charge < -0.3 is 10.6 Å². The third kappa shape index (κ3) is 2.58. The molecule has 0 aromatic heterocycles. The van der Waals surface area contributed by atoms with Crippen LogP contribution in [0.2, 0.25) is 0 Å². The highest BCUT2D eigenvalue weighted by Gasteiger charge is 2.35. The molecule has 1 fully saturated rings. The summed E-state index contributed by atoms with van der Waals surface area (Å²) in [4.78, 5) is 13.6. The van der Waals surface area contributed by atoms with Gasteiger partial charge in [-0.05, 0) is 30.5 Å². The third-order valence-corrected chi connectivity index (χ3v) is 3.57. The molecule has 1 unspecified atom stereocenters. The van der Waals surface area contributed by atoms with Crippen molar-refractivity contribution in [3.05, 3.63) is 35.1 Å². The molecule has 0 aliphatic carbocycles. The molecule has 0 radical (unpaired) electrons. The first-order valence-corrected chi connectivity index (χ1v) is 6.00. The lowest BCUT2D eigenvalue weighted by molar-refractivity contribution is 0.0775. The molecule has 2 N–H and O–H groups in total. The predicted octanol–water partition coefficient (Wildman–Crippen LogP) is 1.91. The molecular formula is C13H15F3N2O. The zero-order chi connectivity index (χ0) is 14.2. The van der Waals surface area contributed by atoms with E-state index in [0.29, 0.717) is 19.6 Å². The second-order valence-electron chi connectivity index (χ2n) is 5.25. The molecule has 0 spiro atoms. The van der Waals surface area contributed by atoms with E-state index in [0.717, 1.165) is 18.6 Å². The van der Waals surface area contributed by atoms with E-state index < -0.39 is 23.4 Å². The van der Waals surface area contributed by atoms with Crippen molar-refractivity contribution in [1.29, 1.82) is 0 Å². The monoisotopic (exact) mass is 272 g/mol. The van der Waals surface area contributed by atoms with Crippen molar-refractivity contribution in [3.63, 3.8) is 0 Å². The van der Waals surface area contributed by atoms with Gasteiger partial charge in [-0.3, -0.25) is 4.79 Å². The van der Waals surface area contributed by atoms with Crippen LogP contribution in [-0.4, -0.2) is 30.4 Å². The number of nitrogens with zero attached hydrogens (tertiary/aromatic N) is 1. The maximum Gasteiger partial charge on any atom is 0.254 e. The standard InChI is InChI=1S/C13H15F3N2O/c1-13(6-17)2-3-18(7-13)12(19)8-4-9(14)11(16)10(15)5-8/h4-5H,2-3,6-7,17H2,1H3. The Morgan fingerprint density at radius 3 is 2.42 bits per heavy atom. The summed E-state index contributed by atoms with van der Waals surface area (Å²) in [6.07, 6.45) is 0.737. The Morgan fingerprint density at radius 2 is 1.95 bits per heavy atom. The van der Waals surface area contributed by atoms with Gasteiger partial charge in [-0.15, -0.1) is 0 Å². The molecule has 1 atom stereocenters. The zero-order valence-corrected chi connectivity index (χ0v) is 10.5. The lowest BCUT2D eigenvalue weighted by Gasteiger charge is -2.22. The fraction of sp³-hybridized carbons (Fsp3) is 0.462. The minimum atomic E-state index is -1.57. The molecule has 1 aromatic carbocycles. The fourth-order valence-corrected chi connectivity index (χ4v) is 2.23. The summed E-state index contributed by atoms with van der Waals surface area (Å²) < 4.78 is 39.0. The number of amides is 1. The SMILES string of the molecule is CC1(CN)CCN(C(=O)c2cc(F)c(F)c(F)c2)C1. The lowest BCUT2D eigenvalue weighted by atomic mass is 9.90. The van der Waals surface area contributed by atoms with Crippen molar-refractivity contribution in [2.75, 3.05) is 19.6 Å². The van der Waals surface area contributed by atoms with Gasteiger partial charge in [-0.2, -0.15) is 0 Å². The normalized spacial score (nSPS) is 22.9. The van der Waals surface area contributed by atoms with E-state index in [9.17, 15) is 18.0 Å². The molecule has 2 rings (SSSR count). The highest BCUT2D eigenvalue weighted by atomic mass is 19.2. The molecule has 1 amide bonds. The maximum atomic E-state index is 13.1. The van der Waals surface area contributed by atoms with Gasteiger partial charge in [-0.1, -0.05) is 6.92 Å². The molecule has 1 aromatic rings. The smallest absolute Gasteiger partial charge is 0.254 e. The summed E-state index contributed by atoms with van der Waals surface area (Å²) in [5.41, 5.74) is 5.27. The van der Waals surface area contributed by atoms with Crippen LogP contribution in [0.15, 0.2) is 12.1 Å². The molecule has 3 nitrogen and oxygen atoms in total. The van der Waals surface area contributed by atoms with Crippen LogP contribution in [0, 0.1) is 22.9 Å². The molecule has 0 saturated carbocycles. The molecule has 1 aliphatic heterocycles. The summed E-state index contributed by atoms with van der Waals surface area (Å²) in [7, 11) is 0. The number of carbonyl (C=O) groups is 1. The highest BCUT2D eigenvalue weighted by molar-refractivity contribution is 5.94. The number of hydrogen-bond donors (Lipinski definition) is 1. The fourth-order valence-electron chi connectivity index (χ4n) is 2.23. The second kappa shape index (κ2) is 4.85. The van der Waals surface area contributed by atoms with Crippen molar-refractivity contribution in [3.8, 4) is 0 Å². The number of rotatable bonds is 2. The summed E-state index contributed by atoms with van der Waals surface area (Å²) in [5, 5.41) is 0. The molecule has 1 heterocycles. The number of nitrogens with two attached hydrogens (primary N) is 1. The van der Waals surface area contributed by atoms with Crippen LogP contribution < -0.4 is 5.73 Å². The van der Waals surface area contributed by atoms with Crippen LogP contribution >= 0.6 is 0 Å². The van der Waals surface area contributed by atoms with Crippen LogP contribution in [0.3, 0.4) is 0 Å². The minimum Gasteiger partial charge on any atom is -0.338 e. The molecule has 1 saturated heterocycles. The molecule has 6 heteroatoms. The third-order valence-electron chi connectivity index (χ3n) is 3.57. The van der Waals surface area contributed by atoms with Crippen molar-refractivity contribution < 1.29 is 18.0 Å². The van der Waals surface area contributed by atoms with Crippen molar-refractivity contribution in [2.24, 2.45) is 11.1 Å². The van der Waals surface area contributed by atoms with E-state index in [1.54, 1.807) is 0 Å². The Bertz CT molecular complexity index is 498. The van der Waals surface area contributed by atoms with Crippen molar-refractivity contribution in [2.45, 2.75) is 13.3 Å². The Kier molecular flexibility index (Phi) is 3.54. The van der Waals surface area contributed by atoms with Crippen molar-refractivity contribution in [1.82, 2.24) is 4.90 Å². The van der Waals surface area contributed by atoms with Crippen LogP contribution in [0.4, 0.5) is 13.2 Å². The largest absolute Gasteiger partial charge is 0.338 e. The van der Waals surface area contributed by atoms with E-state index in [4.69, 9.17) is 5.73 Å². The first-order valence-electron chi connectivity index (χ1n) is 6.00. The number of likely N-dealkylation sites (tertiary alicyclic amines) is 1. The Hall–Kier alpha value is -1.56. The van der Waals surface area contributed by atoms with Crippen molar-refractivity contribution >= 4 is 5.91 Å². The Balaban J connectivity index is 2.22. The zero-order valence-electron chi connectivity index (χ0n) is 10.5. The van der Waals surface area contributed by atoms with E-state index >= 15 is 0 Å². The van der Waals surface area contributed by atoms with Gasteiger partial charge in [0, 0.05) is 18.7 Å². The molecule has 104 valence electrons. The highest BCUT2D eigenvalue weighted by Crippen LogP contribution is 2.29. The van der Waals surface area contributed by atoms with Gasteiger partial charge in [-0.25, -0.2) is 13.2 Å². The van der Waals surface area contributed by atoms with Gasteiger partial charge in [0.25, 0.3) is 5.91 Å². The molecule has 19 heavy (non-hydrogen) atoms. The van der Waals surface area contributed by atoms with Gasteiger partial charge in [0.1, 0.15) is 0 Å². The maximum absolute atomic E-state index is 13.1. The average Bonchev–Trinajstić information content (AvgIpc) is 2.78. The van der Waals surface area contributed by atoms with E-state index in [-0.39, 0.29) is 11.0 Å². The Labute approximate surface area is 109 Å². The van der Waals surface area contributed by atoms with Crippen LogP contribution in [0.5, 0.6) is 0 Å². The summed E-state index contributed by atoms with van der Waals surface area (Å²) in [5.74, 6) is -4.78.